The van der Waals surface area contributed by atoms with Crippen LogP contribution >= 0.6 is 15.9 Å². The molecule has 0 atom stereocenters. The SMILES string of the molecule is Brc1cc(CNCc2ncon2)cc2c1OCO2. The average molecular weight is 312 g/mol. The van der Waals surface area contributed by atoms with Crippen LogP contribution in [0.4, 0.5) is 0 Å². The number of rotatable bonds is 4. The van der Waals surface area contributed by atoms with E-state index in [1.54, 1.807) is 0 Å². The Bertz CT molecular complexity index is 545. The van der Waals surface area contributed by atoms with Crippen molar-refractivity contribution in [3.05, 3.63) is 34.4 Å². The Labute approximate surface area is 111 Å². The summed E-state index contributed by atoms with van der Waals surface area (Å²) >= 11 is 3.46. The van der Waals surface area contributed by atoms with Crippen molar-refractivity contribution in [2.75, 3.05) is 6.79 Å². The van der Waals surface area contributed by atoms with Crippen molar-refractivity contribution < 1.29 is 14.0 Å². The Kier molecular flexibility index (Phi) is 3.16. The number of hydrogen-bond acceptors (Lipinski definition) is 6. The molecule has 0 saturated carbocycles. The Balaban J connectivity index is 1.65. The molecule has 0 spiro atoms. The van der Waals surface area contributed by atoms with Crippen LogP contribution in [0.5, 0.6) is 11.5 Å². The first-order chi connectivity index (χ1) is 8.83. The van der Waals surface area contributed by atoms with Gasteiger partial charge >= 0.3 is 0 Å². The highest BCUT2D eigenvalue weighted by Crippen LogP contribution is 2.39. The van der Waals surface area contributed by atoms with Crippen molar-refractivity contribution in [2.45, 2.75) is 13.1 Å². The molecule has 0 amide bonds. The van der Waals surface area contributed by atoms with Crippen molar-refractivity contribution in [3.8, 4) is 11.5 Å². The van der Waals surface area contributed by atoms with Crippen LogP contribution in [0.25, 0.3) is 0 Å². The summed E-state index contributed by atoms with van der Waals surface area (Å²) in [6, 6.07) is 3.95. The molecule has 18 heavy (non-hydrogen) atoms. The summed E-state index contributed by atoms with van der Waals surface area (Å²) in [5.41, 5.74) is 1.09. The first-order valence-corrected chi connectivity index (χ1v) is 6.16. The van der Waals surface area contributed by atoms with Gasteiger partial charge in [0.15, 0.2) is 17.3 Å². The van der Waals surface area contributed by atoms with Gasteiger partial charge in [0.25, 0.3) is 0 Å². The van der Waals surface area contributed by atoms with Gasteiger partial charge in [-0.2, -0.15) is 4.98 Å². The third-order valence-corrected chi connectivity index (χ3v) is 3.10. The van der Waals surface area contributed by atoms with Crippen molar-refractivity contribution in [3.63, 3.8) is 0 Å². The van der Waals surface area contributed by atoms with Crippen molar-refractivity contribution in [1.82, 2.24) is 15.5 Å². The van der Waals surface area contributed by atoms with Crippen LogP contribution in [0.2, 0.25) is 0 Å². The third-order valence-electron chi connectivity index (χ3n) is 2.51. The highest BCUT2D eigenvalue weighted by molar-refractivity contribution is 9.10. The van der Waals surface area contributed by atoms with E-state index in [1.165, 1.54) is 6.39 Å². The lowest BCUT2D eigenvalue weighted by atomic mass is 10.2. The summed E-state index contributed by atoms with van der Waals surface area (Å²) in [4.78, 5) is 3.93. The van der Waals surface area contributed by atoms with E-state index in [1.807, 2.05) is 12.1 Å². The zero-order valence-electron chi connectivity index (χ0n) is 9.35. The molecule has 0 aliphatic carbocycles. The van der Waals surface area contributed by atoms with Crippen molar-refractivity contribution in [1.29, 1.82) is 0 Å². The second kappa shape index (κ2) is 4.95. The second-order valence-electron chi connectivity index (χ2n) is 3.76. The fraction of sp³-hybridized carbons (Fsp3) is 0.273. The van der Waals surface area contributed by atoms with Crippen LogP contribution in [0.15, 0.2) is 27.5 Å². The molecule has 1 N–H and O–H groups in total. The summed E-state index contributed by atoms with van der Waals surface area (Å²) in [6.07, 6.45) is 1.31. The number of fused-ring (bicyclic) bond motifs is 1. The van der Waals surface area contributed by atoms with E-state index in [0.717, 1.165) is 21.5 Å². The lowest BCUT2D eigenvalue weighted by Gasteiger charge is -2.05. The highest BCUT2D eigenvalue weighted by atomic mass is 79.9. The summed E-state index contributed by atoms with van der Waals surface area (Å²) < 4.78 is 16.2. The molecule has 0 saturated heterocycles. The van der Waals surface area contributed by atoms with Crippen molar-refractivity contribution >= 4 is 15.9 Å². The minimum absolute atomic E-state index is 0.272. The molecule has 0 radical (unpaired) electrons. The van der Waals surface area contributed by atoms with Gasteiger partial charge in [-0.15, -0.1) is 0 Å². The van der Waals surface area contributed by atoms with Crippen LogP contribution in [0, 0.1) is 0 Å². The Hall–Kier alpha value is -1.60. The minimum Gasteiger partial charge on any atom is -0.454 e. The zero-order valence-corrected chi connectivity index (χ0v) is 10.9. The summed E-state index contributed by atoms with van der Waals surface area (Å²) in [7, 11) is 0. The first-order valence-electron chi connectivity index (χ1n) is 5.37. The van der Waals surface area contributed by atoms with Gasteiger partial charge in [-0.1, -0.05) is 5.16 Å². The van der Waals surface area contributed by atoms with Gasteiger partial charge in [0.2, 0.25) is 13.2 Å². The van der Waals surface area contributed by atoms with Crippen LogP contribution in [0.3, 0.4) is 0 Å². The molecule has 1 aromatic heterocycles. The van der Waals surface area contributed by atoms with Gasteiger partial charge in [-0.25, -0.2) is 0 Å². The normalized spacial score (nSPS) is 12.9. The van der Waals surface area contributed by atoms with Crippen LogP contribution < -0.4 is 14.8 Å². The molecule has 0 bridgehead atoms. The molecule has 2 heterocycles. The summed E-state index contributed by atoms with van der Waals surface area (Å²) in [5, 5.41) is 6.94. The molecule has 94 valence electrons. The van der Waals surface area contributed by atoms with E-state index in [0.29, 0.717) is 18.9 Å². The maximum absolute atomic E-state index is 5.35. The molecular weight excluding hydrogens is 302 g/mol. The summed E-state index contributed by atoms with van der Waals surface area (Å²) in [5.74, 6) is 2.16. The topological polar surface area (TPSA) is 69.4 Å². The van der Waals surface area contributed by atoms with Gasteiger partial charge in [0.05, 0.1) is 11.0 Å². The molecule has 0 unspecified atom stereocenters. The third kappa shape index (κ3) is 2.32. The number of benzene rings is 1. The minimum atomic E-state index is 0.272. The van der Waals surface area contributed by atoms with Crippen molar-refractivity contribution in [2.24, 2.45) is 0 Å². The molecule has 0 fully saturated rings. The number of nitrogens with one attached hydrogen (secondary N) is 1. The second-order valence-corrected chi connectivity index (χ2v) is 4.62. The van der Waals surface area contributed by atoms with Gasteiger partial charge in [0, 0.05) is 6.54 Å². The van der Waals surface area contributed by atoms with E-state index in [4.69, 9.17) is 9.47 Å². The van der Waals surface area contributed by atoms with E-state index < -0.39 is 0 Å². The molecule has 7 heteroatoms. The molecule has 1 aliphatic heterocycles. The van der Waals surface area contributed by atoms with Gasteiger partial charge < -0.3 is 19.3 Å². The van der Waals surface area contributed by atoms with Crippen LogP contribution in [-0.4, -0.2) is 16.9 Å². The smallest absolute Gasteiger partial charge is 0.231 e. The Morgan fingerprint density at radius 1 is 1.28 bits per heavy atom. The maximum atomic E-state index is 5.35. The predicted octanol–water partition coefficient (Wildman–Crippen LogP) is 1.85. The van der Waals surface area contributed by atoms with Gasteiger partial charge in [0.1, 0.15) is 0 Å². The monoisotopic (exact) mass is 311 g/mol. The molecule has 1 aliphatic rings. The largest absolute Gasteiger partial charge is 0.454 e. The maximum Gasteiger partial charge on any atom is 0.231 e. The van der Waals surface area contributed by atoms with E-state index in [9.17, 15) is 0 Å². The number of halogens is 1. The van der Waals surface area contributed by atoms with E-state index >= 15 is 0 Å². The first kappa shape index (κ1) is 11.5. The number of nitrogens with zero attached hydrogens (tertiary/aromatic N) is 2. The lowest BCUT2D eigenvalue weighted by molar-refractivity contribution is 0.173. The highest BCUT2D eigenvalue weighted by Gasteiger charge is 2.17. The van der Waals surface area contributed by atoms with Gasteiger partial charge in [-0.3, -0.25) is 0 Å². The number of ether oxygens (including phenoxy) is 2. The standard InChI is InChI=1S/C11H10BrN3O3/c12-8-1-7(2-9-11(8)17-6-16-9)3-13-4-10-14-5-18-15-10/h1-2,5,13H,3-4,6H2. The number of aromatic nitrogens is 2. The molecule has 2 aromatic rings. The fourth-order valence-corrected chi connectivity index (χ4v) is 2.32. The molecular formula is C11H10BrN3O3. The van der Waals surface area contributed by atoms with Gasteiger partial charge in [-0.05, 0) is 33.6 Å². The Morgan fingerprint density at radius 3 is 3.06 bits per heavy atom. The fourth-order valence-electron chi connectivity index (χ4n) is 1.71. The summed E-state index contributed by atoms with van der Waals surface area (Å²) in [6.45, 7) is 1.51. The average Bonchev–Trinajstić information content (AvgIpc) is 2.99. The Morgan fingerprint density at radius 2 is 2.22 bits per heavy atom. The van der Waals surface area contributed by atoms with Crippen LogP contribution in [-0.2, 0) is 13.1 Å². The molecule has 1 aromatic carbocycles. The lowest BCUT2D eigenvalue weighted by Crippen LogP contribution is -2.13. The number of hydrogen-bond donors (Lipinski definition) is 1. The van der Waals surface area contributed by atoms with Crippen LogP contribution in [0.1, 0.15) is 11.4 Å². The quantitative estimate of drug-likeness (QED) is 0.929. The molecule has 3 rings (SSSR count). The predicted molar refractivity (Wildman–Crippen MR) is 65.1 cm³/mol. The molecule has 6 nitrogen and oxygen atoms in total. The van der Waals surface area contributed by atoms with E-state index in [-0.39, 0.29) is 6.79 Å². The van der Waals surface area contributed by atoms with E-state index in [2.05, 4.69) is 35.9 Å². The zero-order chi connectivity index (χ0) is 12.4.